The van der Waals surface area contributed by atoms with Gasteiger partial charge in [0.05, 0.1) is 11.4 Å². The average molecular weight is 345 g/mol. The van der Waals surface area contributed by atoms with Crippen LogP contribution in [0.4, 0.5) is 5.69 Å². The molecule has 0 aliphatic carbocycles. The van der Waals surface area contributed by atoms with Gasteiger partial charge in [0.15, 0.2) is 0 Å². The summed E-state index contributed by atoms with van der Waals surface area (Å²) in [4.78, 5) is 0. The second-order valence-electron chi connectivity index (χ2n) is 4.54. The predicted molar refractivity (Wildman–Crippen MR) is 87.0 cm³/mol. The van der Waals surface area contributed by atoms with Gasteiger partial charge in [0.2, 0.25) is 10.0 Å². The zero-order valence-corrected chi connectivity index (χ0v) is 13.3. The molecular formula is C14H14Cl2N2O2S. The maximum absolute atomic E-state index is 12.2. The lowest BCUT2D eigenvalue weighted by Crippen LogP contribution is -2.15. The monoisotopic (exact) mass is 344 g/mol. The van der Waals surface area contributed by atoms with Gasteiger partial charge in [-0.15, -0.1) is 0 Å². The Labute approximate surface area is 133 Å². The van der Waals surface area contributed by atoms with Crippen molar-refractivity contribution in [2.75, 3.05) is 4.72 Å². The molecule has 0 radical (unpaired) electrons. The molecule has 112 valence electrons. The molecule has 3 N–H and O–H groups in total. The molecule has 0 spiro atoms. The molecule has 0 aromatic heterocycles. The van der Waals surface area contributed by atoms with Crippen molar-refractivity contribution >= 4 is 38.9 Å². The molecule has 0 amide bonds. The molecule has 0 unspecified atom stereocenters. The van der Waals surface area contributed by atoms with E-state index in [1.807, 2.05) is 6.07 Å². The van der Waals surface area contributed by atoms with Gasteiger partial charge in [-0.05, 0) is 29.3 Å². The normalized spacial score (nSPS) is 11.4. The fraction of sp³-hybridized carbons (Fsp3) is 0.143. The molecule has 0 saturated heterocycles. The first-order valence-corrected chi connectivity index (χ1v) is 8.53. The fourth-order valence-corrected chi connectivity index (χ4v) is 3.59. The van der Waals surface area contributed by atoms with Crippen LogP contribution in [0.25, 0.3) is 0 Å². The Balaban J connectivity index is 2.18. The van der Waals surface area contributed by atoms with Crippen LogP contribution < -0.4 is 10.5 Å². The summed E-state index contributed by atoms with van der Waals surface area (Å²) in [6.07, 6.45) is 0. The van der Waals surface area contributed by atoms with Crippen LogP contribution in [0.2, 0.25) is 10.0 Å². The largest absolute Gasteiger partial charge is 0.326 e. The number of anilines is 1. The van der Waals surface area contributed by atoms with Crippen molar-refractivity contribution < 1.29 is 8.42 Å². The molecule has 21 heavy (non-hydrogen) atoms. The Bertz CT molecular complexity index is 728. The van der Waals surface area contributed by atoms with Crippen molar-refractivity contribution in [3.8, 4) is 0 Å². The third-order valence-electron chi connectivity index (χ3n) is 2.72. The summed E-state index contributed by atoms with van der Waals surface area (Å²) in [6, 6.07) is 11.7. The standard InChI is InChI=1S/C14H14Cl2N2O2S/c15-12-5-13(16)7-14(6-12)18-21(19,20)9-11-3-1-2-10(4-11)8-17/h1-7,18H,8-9,17H2. The first kappa shape index (κ1) is 16.1. The lowest BCUT2D eigenvalue weighted by molar-refractivity contribution is 0.600. The zero-order valence-electron chi connectivity index (χ0n) is 11.0. The van der Waals surface area contributed by atoms with E-state index in [1.165, 1.54) is 18.2 Å². The lowest BCUT2D eigenvalue weighted by Gasteiger charge is -2.09. The van der Waals surface area contributed by atoms with Crippen molar-refractivity contribution in [2.24, 2.45) is 5.73 Å². The second-order valence-corrected chi connectivity index (χ2v) is 7.14. The number of nitrogens with two attached hydrogens (primary N) is 1. The van der Waals surface area contributed by atoms with Crippen LogP contribution >= 0.6 is 23.2 Å². The van der Waals surface area contributed by atoms with Crippen molar-refractivity contribution in [1.82, 2.24) is 0 Å². The number of rotatable bonds is 5. The summed E-state index contributed by atoms with van der Waals surface area (Å²) in [6.45, 7) is 0.366. The Morgan fingerprint density at radius 2 is 1.62 bits per heavy atom. The molecule has 0 heterocycles. The van der Waals surface area contributed by atoms with Crippen LogP contribution in [0.5, 0.6) is 0 Å². The molecule has 0 aliphatic heterocycles. The van der Waals surface area contributed by atoms with Crippen molar-refractivity contribution in [3.63, 3.8) is 0 Å². The third-order valence-corrected chi connectivity index (χ3v) is 4.42. The summed E-state index contributed by atoms with van der Waals surface area (Å²) >= 11 is 11.7. The van der Waals surface area contributed by atoms with Crippen molar-refractivity contribution in [2.45, 2.75) is 12.3 Å². The van der Waals surface area contributed by atoms with Crippen LogP contribution in [0.1, 0.15) is 11.1 Å². The maximum atomic E-state index is 12.2. The van der Waals surface area contributed by atoms with Gasteiger partial charge in [0.25, 0.3) is 0 Å². The number of hydrogen-bond acceptors (Lipinski definition) is 3. The molecule has 7 heteroatoms. The molecular weight excluding hydrogens is 331 g/mol. The van der Waals surface area contributed by atoms with E-state index in [4.69, 9.17) is 28.9 Å². The number of nitrogens with one attached hydrogen (secondary N) is 1. The molecule has 2 rings (SSSR count). The Morgan fingerprint density at radius 1 is 1.00 bits per heavy atom. The molecule has 2 aromatic carbocycles. The molecule has 0 atom stereocenters. The fourth-order valence-electron chi connectivity index (χ4n) is 1.89. The lowest BCUT2D eigenvalue weighted by atomic mass is 10.1. The van der Waals surface area contributed by atoms with Crippen LogP contribution in [-0.2, 0) is 22.3 Å². The summed E-state index contributed by atoms with van der Waals surface area (Å²) in [5.74, 6) is -0.148. The van der Waals surface area contributed by atoms with E-state index in [0.717, 1.165) is 5.56 Å². The highest BCUT2D eigenvalue weighted by atomic mass is 35.5. The van der Waals surface area contributed by atoms with E-state index in [2.05, 4.69) is 4.72 Å². The van der Waals surface area contributed by atoms with Crippen LogP contribution in [-0.4, -0.2) is 8.42 Å². The van der Waals surface area contributed by atoms with E-state index in [1.54, 1.807) is 18.2 Å². The van der Waals surface area contributed by atoms with Gasteiger partial charge in [0, 0.05) is 16.6 Å². The predicted octanol–water partition coefficient (Wildman–Crippen LogP) is 3.39. The van der Waals surface area contributed by atoms with Gasteiger partial charge < -0.3 is 5.73 Å². The molecule has 0 aliphatic rings. The van der Waals surface area contributed by atoms with Crippen molar-refractivity contribution in [3.05, 3.63) is 63.6 Å². The molecule has 0 fully saturated rings. The summed E-state index contributed by atoms with van der Waals surface area (Å²) in [5.41, 5.74) is 7.43. The zero-order chi connectivity index (χ0) is 15.5. The minimum Gasteiger partial charge on any atom is -0.326 e. The van der Waals surface area contributed by atoms with E-state index < -0.39 is 10.0 Å². The van der Waals surface area contributed by atoms with Crippen molar-refractivity contribution in [1.29, 1.82) is 0 Å². The topological polar surface area (TPSA) is 72.2 Å². The van der Waals surface area contributed by atoms with Gasteiger partial charge in [-0.2, -0.15) is 0 Å². The number of halogens is 2. The highest BCUT2D eigenvalue weighted by molar-refractivity contribution is 7.91. The number of benzene rings is 2. The van der Waals surface area contributed by atoms with Gasteiger partial charge in [0.1, 0.15) is 0 Å². The Morgan fingerprint density at radius 3 is 2.24 bits per heavy atom. The maximum Gasteiger partial charge on any atom is 0.236 e. The van der Waals surface area contributed by atoms with E-state index in [0.29, 0.717) is 27.8 Å². The van der Waals surface area contributed by atoms with E-state index in [9.17, 15) is 8.42 Å². The quantitative estimate of drug-likeness (QED) is 0.872. The highest BCUT2D eigenvalue weighted by Crippen LogP contribution is 2.23. The van der Waals surface area contributed by atoms with Gasteiger partial charge >= 0.3 is 0 Å². The Kier molecular flexibility index (Phi) is 5.11. The molecule has 4 nitrogen and oxygen atoms in total. The second kappa shape index (κ2) is 6.66. The average Bonchev–Trinajstić information content (AvgIpc) is 2.36. The Hall–Kier alpha value is -1.27. The highest BCUT2D eigenvalue weighted by Gasteiger charge is 2.13. The minimum absolute atomic E-state index is 0.148. The molecule has 0 saturated carbocycles. The molecule has 0 bridgehead atoms. The summed E-state index contributed by atoms with van der Waals surface area (Å²) < 4.78 is 26.8. The van der Waals surface area contributed by atoms with Crippen LogP contribution in [0.15, 0.2) is 42.5 Å². The first-order valence-electron chi connectivity index (χ1n) is 6.12. The summed E-state index contributed by atoms with van der Waals surface area (Å²) in [5, 5.41) is 0.732. The number of hydrogen-bond donors (Lipinski definition) is 2. The first-order chi connectivity index (χ1) is 9.88. The van der Waals surface area contributed by atoms with E-state index in [-0.39, 0.29) is 5.75 Å². The SMILES string of the molecule is NCc1cccc(CS(=O)(=O)Nc2cc(Cl)cc(Cl)c2)c1. The van der Waals surface area contributed by atoms with Gasteiger partial charge in [-0.1, -0.05) is 47.5 Å². The third kappa shape index (κ3) is 4.89. The van der Waals surface area contributed by atoms with Crippen LogP contribution in [0, 0.1) is 0 Å². The number of sulfonamides is 1. The van der Waals surface area contributed by atoms with Gasteiger partial charge in [-0.25, -0.2) is 8.42 Å². The van der Waals surface area contributed by atoms with Gasteiger partial charge in [-0.3, -0.25) is 4.72 Å². The minimum atomic E-state index is -3.55. The van der Waals surface area contributed by atoms with E-state index >= 15 is 0 Å². The van der Waals surface area contributed by atoms with Crippen LogP contribution in [0.3, 0.4) is 0 Å². The smallest absolute Gasteiger partial charge is 0.236 e. The molecule has 2 aromatic rings. The summed E-state index contributed by atoms with van der Waals surface area (Å²) in [7, 11) is -3.55.